The number of thiophene rings is 1. The molecule has 0 unspecified atom stereocenters. The summed E-state index contributed by atoms with van der Waals surface area (Å²) in [7, 11) is 0. The number of nitrogen functional groups attached to an aromatic ring is 1. The number of hydrogen-bond acceptors (Lipinski definition) is 3. The monoisotopic (exact) mass is 326 g/mol. The van der Waals surface area contributed by atoms with E-state index < -0.39 is 5.82 Å². The van der Waals surface area contributed by atoms with Gasteiger partial charge in [-0.2, -0.15) is 0 Å². The number of carbonyl (C=O) groups excluding carboxylic acids is 1. The van der Waals surface area contributed by atoms with Gasteiger partial charge in [0.2, 0.25) is 0 Å². The van der Waals surface area contributed by atoms with Gasteiger partial charge >= 0.3 is 0 Å². The molecule has 21 heavy (non-hydrogen) atoms. The number of amides is 1. The van der Waals surface area contributed by atoms with Crippen LogP contribution in [-0.4, -0.2) is 17.4 Å². The van der Waals surface area contributed by atoms with Gasteiger partial charge in [0.15, 0.2) is 0 Å². The highest BCUT2D eigenvalue weighted by molar-refractivity contribution is 7.16. The van der Waals surface area contributed by atoms with E-state index in [-0.39, 0.29) is 17.2 Å². The van der Waals surface area contributed by atoms with Crippen molar-refractivity contribution in [2.24, 2.45) is 0 Å². The van der Waals surface area contributed by atoms with Gasteiger partial charge in [-0.15, -0.1) is 11.3 Å². The van der Waals surface area contributed by atoms with Crippen LogP contribution in [0.1, 0.15) is 27.7 Å². The van der Waals surface area contributed by atoms with E-state index in [1.54, 1.807) is 17.9 Å². The first-order chi connectivity index (χ1) is 9.92. The Morgan fingerprint density at radius 1 is 1.43 bits per heavy atom. The van der Waals surface area contributed by atoms with Crippen LogP contribution in [0.3, 0.4) is 0 Å². The zero-order valence-corrected chi connectivity index (χ0v) is 13.4. The average molecular weight is 327 g/mol. The molecule has 3 nitrogen and oxygen atoms in total. The fourth-order valence-corrected chi connectivity index (χ4v) is 3.06. The summed E-state index contributed by atoms with van der Waals surface area (Å²) >= 11 is 7.32. The van der Waals surface area contributed by atoms with Gasteiger partial charge in [-0.1, -0.05) is 11.6 Å². The maximum Gasteiger partial charge on any atom is 0.254 e. The summed E-state index contributed by atoms with van der Waals surface area (Å²) in [6, 6.07) is 6.43. The molecule has 1 heterocycles. The van der Waals surface area contributed by atoms with E-state index in [1.807, 2.05) is 13.0 Å². The first-order valence-electron chi connectivity index (χ1n) is 6.51. The molecule has 0 atom stereocenters. The highest BCUT2D eigenvalue weighted by Crippen LogP contribution is 2.24. The van der Waals surface area contributed by atoms with Gasteiger partial charge in [-0.3, -0.25) is 4.79 Å². The molecule has 0 spiro atoms. The Morgan fingerprint density at radius 3 is 2.67 bits per heavy atom. The summed E-state index contributed by atoms with van der Waals surface area (Å²) in [4.78, 5) is 15.1. The second-order valence-corrected chi connectivity index (χ2v) is 6.50. The molecule has 1 aromatic heterocycles. The van der Waals surface area contributed by atoms with E-state index in [2.05, 4.69) is 0 Å². The number of hydrogen-bond donors (Lipinski definition) is 1. The molecule has 0 aliphatic heterocycles. The van der Waals surface area contributed by atoms with Crippen LogP contribution in [0.25, 0.3) is 0 Å². The van der Waals surface area contributed by atoms with Gasteiger partial charge in [-0.05, 0) is 38.1 Å². The van der Waals surface area contributed by atoms with Gasteiger partial charge in [0.05, 0.1) is 10.9 Å². The van der Waals surface area contributed by atoms with Crippen LogP contribution in [0.4, 0.5) is 10.1 Å². The molecule has 0 saturated heterocycles. The van der Waals surface area contributed by atoms with Crippen LogP contribution in [0, 0.1) is 12.7 Å². The van der Waals surface area contributed by atoms with Crippen molar-refractivity contribution in [2.75, 3.05) is 12.3 Å². The lowest BCUT2D eigenvalue weighted by Crippen LogP contribution is -2.30. The molecule has 112 valence electrons. The third kappa shape index (κ3) is 3.54. The van der Waals surface area contributed by atoms with E-state index in [1.165, 1.54) is 23.5 Å². The van der Waals surface area contributed by atoms with Crippen molar-refractivity contribution in [3.05, 3.63) is 50.4 Å². The minimum Gasteiger partial charge on any atom is -0.398 e. The number of benzene rings is 1. The molecule has 6 heteroatoms. The predicted molar refractivity (Wildman–Crippen MR) is 85.3 cm³/mol. The van der Waals surface area contributed by atoms with E-state index in [0.29, 0.717) is 23.0 Å². The van der Waals surface area contributed by atoms with E-state index in [0.717, 1.165) is 4.88 Å². The third-order valence-electron chi connectivity index (χ3n) is 3.28. The third-order valence-corrected chi connectivity index (χ3v) is 4.49. The zero-order chi connectivity index (χ0) is 15.6. The quantitative estimate of drug-likeness (QED) is 0.860. The van der Waals surface area contributed by atoms with Gasteiger partial charge < -0.3 is 10.6 Å². The number of anilines is 1. The molecule has 0 saturated carbocycles. The van der Waals surface area contributed by atoms with Crippen LogP contribution in [-0.2, 0) is 6.54 Å². The molecule has 2 aromatic rings. The number of carbonyl (C=O) groups is 1. The van der Waals surface area contributed by atoms with Gasteiger partial charge in [0, 0.05) is 28.2 Å². The molecule has 1 aromatic carbocycles. The smallest absolute Gasteiger partial charge is 0.254 e. The fraction of sp³-hybridized carbons (Fsp3) is 0.267. The Bertz CT molecular complexity index is 648. The van der Waals surface area contributed by atoms with Gasteiger partial charge in [0.1, 0.15) is 5.82 Å². The molecule has 0 radical (unpaired) electrons. The van der Waals surface area contributed by atoms with Crippen molar-refractivity contribution >= 4 is 34.5 Å². The van der Waals surface area contributed by atoms with Crippen LogP contribution < -0.4 is 5.73 Å². The standard InChI is InChI=1S/C15H16ClFN2OS/c1-3-19(8-11-4-5-14(16)21-11)15(20)10-6-12(17)9(2)13(18)7-10/h4-7H,3,8,18H2,1-2H3. The predicted octanol–water partition coefficient (Wildman–Crippen LogP) is 4.09. The molecular formula is C15H16ClFN2OS. The van der Waals surface area contributed by atoms with Crippen LogP contribution >= 0.6 is 22.9 Å². The number of rotatable bonds is 4. The molecule has 0 fully saturated rings. The lowest BCUT2D eigenvalue weighted by atomic mass is 10.1. The molecule has 2 rings (SSSR count). The number of nitrogens with two attached hydrogens (primary N) is 1. The Balaban J connectivity index is 2.24. The summed E-state index contributed by atoms with van der Waals surface area (Å²) in [5.74, 6) is -0.707. The Morgan fingerprint density at radius 2 is 2.14 bits per heavy atom. The van der Waals surface area contributed by atoms with Gasteiger partial charge in [-0.25, -0.2) is 4.39 Å². The maximum absolute atomic E-state index is 13.7. The lowest BCUT2D eigenvalue weighted by molar-refractivity contribution is 0.0753. The summed E-state index contributed by atoms with van der Waals surface area (Å²) in [5.41, 5.74) is 6.64. The van der Waals surface area contributed by atoms with Crippen molar-refractivity contribution in [3.8, 4) is 0 Å². The molecule has 0 aliphatic carbocycles. The van der Waals surface area contributed by atoms with Crippen molar-refractivity contribution in [1.29, 1.82) is 0 Å². The second kappa shape index (κ2) is 6.45. The van der Waals surface area contributed by atoms with Crippen LogP contribution in [0.2, 0.25) is 4.34 Å². The van der Waals surface area contributed by atoms with E-state index >= 15 is 0 Å². The van der Waals surface area contributed by atoms with Crippen molar-refractivity contribution in [1.82, 2.24) is 4.90 Å². The van der Waals surface area contributed by atoms with Crippen molar-refractivity contribution in [2.45, 2.75) is 20.4 Å². The number of nitrogens with zero attached hydrogens (tertiary/aromatic N) is 1. The Labute approximate surface area is 132 Å². The molecular weight excluding hydrogens is 311 g/mol. The normalized spacial score (nSPS) is 10.7. The summed E-state index contributed by atoms with van der Waals surface area (Å²) in [5, 5.41) is 0. The summed E-state index contributed by atoms with van der Waals surface area (Å²) in [6.45, 7) is 4.43. The minimum absolute atomic E-state index is 0.243. The minimum atomic E-state index is -0.464. The SMILES string of the molecule is CCN(Cc1ccc(Cl)s1)C(=O)c1cc(N)c(C)c(F)c1. The van der Waals surface area contributed by atoms with E-state index in [4.69, 9.17) is 17.3 Å². The average Bonchev–Trinajstić information content (AvgIpc) is 2.86. The highest BCUT2D eigenvalue weighted by atomic mass is 35.5. The largest absolute Gasteiger partial charge is 0.398 e. The number of halogens is 2. The van der Waals surface area contributed by atoms with Crippen LogP contribution in [0.5, 0.6) is 0 Å². The van der Waals surface area contributed by atoms with Crippen molar-refractivity contribution in [3.63, 3.8) is 0 Å². The summed E-state index contributed by atoms with van der Waals surface area (Å²) in [6.07, 6.45) is 0. The fourth-order valence-electron chi connectivity index (χ4n) is 1.96. The maximum atomic E-state index is 13.7. The van der Waals surface area contributed by atoms with Crippen LogP contribution in [0.15, 0.2) is 24.3 Å². The summed E-state index contributed by atoms with van der Waals surface area (Å²) < 4.78 is 14.4. The Kier molecular flexibility index (Phi) is 4.85. The van der Waals surface area contributed by atoms with Crippen molar-refractivity contribution < 1.29 is 9.18 Å². The van der Waals surface area contributed by atoms with Gasteiger partial charge in [0.25, 0.3) is 5.91 Å². The Hall–Kier alpha value is -1.59. The molecule has 0 aliphatic rings. The first kappa shape index (κ1) is 15.8. The first-order valence-corrected chi connectivity index (χ1v) is 7.71. The highest BCUT2D eigenvalue weighted by Gasteiger charge is 2.18. The van der Waals surface area contributed by atoms with E-state index in [9.17, 15) is 9.18 Å². The zero-order valence-electron chi connectivity index (χ0n) is 11.8. The topological polar surface area (TPSA) is 46.3 Å². The molecule has 2 N–H and O–H groups in total. The molecule has 1 amide bonds. The second-order valence-electron chi connectivity index (χ2n) is 4.70. The molecule has 0 bridgehead atoms. The lowest BCUT2D eigenvalue weighted by Gasteiger charge is -2.20.